The molecule has 32 heavy (non-hydrogen) atoms. The van der Waals surface area contributed by atoms with Gasteiger partial charge in [0.05, 0.1) is 25.0 Å². The second-order valence-electron chi connectivity index (χ2n) is 8.09. The molecule has 0 aliphatic carbocycles. The molecule has 2 fully saturated rings. The number of carbonyl (C=O) groups excluding carboxylic acids is 1. The Morgan fingerprint density at radius 3 is 2.69 bits per heavy atom. The van der Waals surface area contributed by atoms with E-state index in [9.17, 15) is 13.6 Å². The summed E-state index contributed by atoms with van der Waals surface area (Å²) in [4.78, 5) is 20.3. The van der Waals surface area contributed by atoms with Crippen molar-refractivity contribution >= 4 is 28.4 Å². The van der Waals surface area contributed by atoms with E-state index in [1.807, 2.05) is 6.07 Å². The molecule has 0 spiro atoms. The minimum Gasteiger partial charge on any atom is -0.381 e. The van der Waals surface area contributed by atoms with Crippen LogP contribution in [0.1, 0.15) is 12.8 Å². The van der Waals surface area contributed by atoms with Crippen LogP contribution < -0.4 is 10.2 Å². The molecular formula is C22H24F2N6O2. The van der Waals surface area contributed by atoms with Gasteiger partial charge in [0, 0.05) is 43.6 Å². The fourth-order valence-corrected chi connectivity index (χ4v) is 3.95. The number of carbonyl (C=O) groups is 1. The minimum atomic E-state index is -0.981. The second kappa shape index (κ2) is 8.70. The molecule has 0 saturated carbocycles. The van der Waals surface area contributed by atoms with Gasteiger partial charge < -0.3 is 19.9 Å². The van der Waals surface area contributed by atoms with Crippen LogP contribution in [0.3, 0.4) is 0 Å². The van der Waals surface area contributed by atoms with Crippen LogP contribution in [-0.4, -0.2) is 71.3 Å². The van der Waals surface area contributed by atoms with Crippen molar-refractivity contribution in [2.75, 3.05) is 49.6 Å². The SMILES string of the molecule is O=C(Nc1ccc(F)c(-n2cc3cc(N4CCCOCCC4)cnc3n2)c1)N1CC(F)C1. The van der Waals surface area contributed by atoms with Crippen molar-refractivity contribution in [3.05, 3.63) is 42.5 Å². The molecule has 0 atom stereocenters. The van der Waals surface area contributed by atoms with E-state index in [4.69, 9.17) is 4.74 Å². The van der Waals surface area contributed by atoms with Crippen LogP contribution in [0.4, 0.5) is 25.0 Å². The highest BCUT2D eigenvalue weighted by molar-refractivity contribution is 5.90. The standard InChI is InChI=1S/C22H24F2N6O2/c23-16-13-29(14-16)22(31)26-17-3-4-19(24)20(10-17)30-12-15-9-18(11-25-21(15)27-30)28-5-1-7-32-8-2-6-28/h3-4,9-12,16H,1-2,5-8,13-14H2,(H,26,31). The Morgan fingerprint density at radius 2 is 1.94 bits per heavy atom. The Labute approximate surface area is 183 Å². The number of benzene rings is 1. The summed E-state index contributed by atoms with van der Waals surface area (Å²) >= 11 is 0. The number of pyridine rings is 1. The lowest BCUT2D eigenvalue weighted by Gasteiger charge is -2.34. The summed E-state index contributed by atoms with van der Waals surface area (Å²) in [6.45, 7) is 3.42. The molecule has 0 bridgehead atoms. The van der Waals surface area contributed by atoms with Crippen molar-refractivity contribution in [2.24, 2.45) is 0 Å². The molecule has 2 aliphatic heterocycles. The van der Waals surface area contributed by atoms with E-state index in [0.717, 1.165) is 50.2 Å². The molecule has 8 nitrogen and oxygen atoms in total. The number of nitrogens with zero attached hydrogens (tertiary/aromatic N) is 5. The Bertz CT molecular complexity index is 1120. The zero-order valence-electron chi connectivity index (χ0n) is 17.5. The third-order valence-corrected chi connectivity index (χ3v) is 5.71. The number of hydrogen-bond acceptors (Lipinski definition) is 5. The van der Waals surface area contributed by atoms with Crippen molar-refractivity contribution in [3.63, 3.8) is 0 Å². The Kier molecular flexibility index (Phi) is 5.60. The highest BCUT2D eigenvalue weighted by Gasteiger charge is 2.30. The molecule has 10 heteroatoms. The number of aromatic nitrogens is 3. The van der Waals surface area contributed by atoms with Gasteiger partial charge in [0.1, 0.15) is 17.7 Å². The van der Waals surface area contributed by atoms with Gasteiger partial charge in [0.2, 0.25) is 0 Å². The molecule has 0 unspecified atom stereocenters. The van der Waals surface area contributed by atoms with Gasteiger partial charge in [-0.1, -0.05) is 0 Å². The van der Waals surface area contributed by atoms with Crippen LogP contribution in [-0.2, 0) is 4.74 Å². The topological polar surface area (TPSA) is 75.5 Å². The smallest absolute Gasteiger partial charge is 0.322 e. The molecule has 2 aromatic heterocycles. The summed E-state index contributed by atoms with van der Waals surface area (Å²) in [6.07, 6.45) is 4.44. The van der Waals surface area contributed by atoms with E-state index in [2.05, 4.69) is 20.3 Å². The number of nitrogens with one attached hydrogen (secondary N) is 1. The summed E-state index contributed by atoms with van der Waals surface area (Å²) in [6, 6.07) is 5.84. The third-order valence-electron chi connectivity index (χ3n) is 5.71. The molecule has 2 amide bonds. The van der Waals surface area contributed by atoms with E-state index in [-0.39, 0.29) is 18.8 Å². The predicted molar refractivity (Wildman–Crippen MR) is 117 cm³/mol. The van der Waals surface area contributed by atoms with Crippen LogP contribution in [0.15, 0.2) is 36.7 Å². The van der Waals surface area contributed by atoms with Crippen molar-refractivity contribution in [1.29, 1.82) is 0 Å². The van der Waals surface area contributed by atoms with Gasteiger partial charge in [0.25, 0.3) is 0 Å². The monoisotopic (exact) mass is 442 g/mol. The van der Waals surface area contributed by atoms with Gasteiger partial charge >= 0.3 is 6.03 Å². The van der Waals surface area contributed by atoms with Gasteiger partial charge in [-0.3, -0.25) is 0 Å². The number of anilines is 2. The molecule has 2 aliphatic rings. The number of amides is 2. The molecule has 2 saturated heterocycles. The van der Waals surface area contributed by atoms with Gasteiger partial charge in [-0.15, -0.1) is 5.10 Å². The maximum atomic E-state index is 14.6. The highest BCUT2D eigenvalue weighted by atomic mass is 19.1. The van der Waals surface area contributed by atoms with E-state index in [0.29, 0.717) is 11.3 Å². The molecule has 1 N–H and O–H groups in total. The van der Waals surface area contributed by atoms with E-state index >= 15 is 0 Å². The summed E-state index contributed by atoms with van der Waals surface area (Å²) in [5.74, 6) is -0.479. The molecule has 1 aromatic carbocycles. The first-order chi connectivity index (χ1) is 15.6. The number of fused-ring (bicyclic) bond motifs is 1. The molecule has 4 heterocycles. The van der Waals surface area contributed by atoms with Gasteiger partial charge in [-0.05, 0) is 37.1 Å². The van der Waals surface area contributed by atoms with E-state index in [1.165, 1.54) is 27.8 Å². The molecule has 168 valence electrons. The first kappa shape index (κ1) is 20.6. The second-order valence-corrected chi connectivity index (χ2v) is 8.09. The number of hydrogen-bond donors (Lipinski definition) is 1. The Hall–Kier alpha value is -3.27. The first-order valence-corrected chi connectivity index (χ1v) is 10.7. The van der Waals surface area contributed by atoms with Crippen molar-refractivity contribution < 1.29 is 18.3 Å². The average Bonchev–Trinajstić information content (AvgIpc) is 3.15. The molecule has 0 radical (unpaired) electrons. The van der Waals surface area contributed by atoms with Crippen LogP contribution >= 0.6 is 0 Å². The summed E-state index contributed by atoms with van der Waals surface area (Å²) in [5.41, 5.74) is 2.11. The van der Waals surface area contributed by atoms with Gasteiger partial charge in [-0.25, -0.2) is 23.2 Å². The zero-order chi connectivity index (χ0) is 22.1. The fourth-order valence-electron chi connectivity index (χ4n) is 3.95. The zero-order valence-corrected chi connectivity index (χ0v) is 17.5. The summed E-state index contributed by atoms with van der Waals surface area (Å²) in [5, 5.41) is 7.88. The van der Waals surface area contributed by atoms with Crippen molar-refractivity contribution in [3.8, 4) is 5.69 Å². The number of urea groups is 1. The van der Waals surface area contributed by atoms with Gasteiger partial charge in [0.15, 0.2) is 5.65 Å². The van der Waals surface area contributed by atoms with Gasteiger partial charge in [-0.2, -0.15) is 0 Å². The van der Waals surface area contributed by atoms with Crippen LogP contribution in [0.5, 0.6) is 0 Å². The van der Waals surface area contributed by atoms with Crippen molar-refractivity contribution in [1.82, 2.24) is 19.7 Å². The summed E-state index contributed by atoms with van der Waals surface area (Å²) in [7, 11) is 0. The third kappa shape index (κ3) is 4.22. The lowest BCUT2D eigenvalue weighted by atomic mass is 10.2. The number of alkyl halides is 1. The van der Waals surface area contributed by atoms with E-state index < -0.39 is 18.0 Å². The largest absolute Gasteiger partial charge is 0.381 e. The van der Waals surface area contributed by atoms with E-state index in [1.54, 1.807) is 12.4 Å². The predicted octanol–water partition coefficient (Wildman–Crippen LogP) is 3.36. The fraction of sp³-hybridized carbons (Fsp3) is 0.409. The minimum absolute atomic E-state index is 0.0719. The number of halogens is 2. The van der Waals surface area contributed by atoms with Crippen LogP contribution in [0.25, 0.3) is 16.7 Å². The number of ether oxygens (including phenoxy) is 1. The average molecular weight is 442 g/mol. The number of rotatable bonds is 3. The molecule has 5 rings (SSSR count). The Morgan fingerprint density at radius 1 is 1.16 bits per heavy atom. The molecule has 3 aromatic rings. The summed E-state index contributed by atoms with van der Waals surface area (Å²) < 4.78 is 34.5. The lowest BCUT2D eigenvalue weighted by molar-refractivity contribution is 0.0974. The quantitative estimate of drug-likeness (QED) is 0.673. The van der Waals surface area contributed by atoms with Crippen LogP contribution in [0.2, 0.25) is 0 Å². The number of likely N-dealkylation sites (tertiary alicyclic amines) is 1. The lowest BCUT2D eigenvalue weighted by Crippen LogP contribution is -2.53. The normalized spacial score (nSPS) is 17.7. The van der Waals surface area contributed by atoms with Crippen molar-refractivity contribution in [2.45, 2.75) is 19.0 Å². The first-order valence-electron chi connectivity index (χ1n) is 10.7. The molecular weight excluding hydrogens is 418 g/mol. The highest BCUT2D eigenvalue weighted by Crippen LogP contribution is 2.24. The Balaban J connectivity index is 1.38. The maximum Gasteiger partial charge on any atom is 0.322 e. The van der Waals surface area contributed by atoms with Crippen LogP contribution in [0, 0.1) is 5.82 Å². The maximum absolute atomic E-state index is 14.6.